The van der Waals surface area contributed by atoms with E-state index in [9.17, 15) is 0 Å². The fourth-order valence-corrected chi connectivity index (χ4v) is 0.644. The Kier molecular flexibility index (Phi) is 4.65. The lowest BCUT2D eigenvalue weighted by Gasteiger charge is -2.17. The van der Waals surface area contributed by atoms with Crippen molar-refractivity contribution >= 4 is 0 Å². The molecule has 0 heterocycles. The Balaban J connectivity index is 3.04. The van der Waals surface area contributed by atoms with Gasteiger partial charge in [0.05, 0.1) is 0 Å². The van der Waals surface area contributed by atoms with Crippen molar-refractivity contribution in [3.63, 3.8) is 0 Å². The van der Waals surface area contributed by atoms with E-state index >= 15 is 0 Å². The van der Waals surface area contributed by atoms with E-state index in [4.69, 9.17) is 9.84 Å². The van der Waals surface area contributed by atoms with Crippen molar-refractivity contribution < 1.29 is 9.84 Å². The van der Waals surface area contributed by atoms with Gasteiger partial charge in [-0.05, 0) is 13.3 Å². The molecule has 1 atom stereocenters. The van der Waals surface area contributed by atoms with Gasteiger partial charge in [-0.2, -0.15) is 0 Å². The summed E-state index contributed by atoms with van der Waals surface area (Å²) in [6.45, 7) is 7.67. The van der Waals surface area contributed by atoms with Crippen molar-refractivity contribution in [2.24, 2.45) is 0 Å². The highest BCUT2D eigenvalue weighted by Gasteiger charge is 2.10. The molecule has 1 N–H and O–H groups in total. The molecule has 0 spiro atoms. The maximum Gasteiger partial charge on any atom is 0.162 e. The average Bonchev–Trinajstić information content (AvgIpc) is 1.78. The molecule has 1 radical (unpaired) electrons. The molecule has 2 nitrogen and oxygen atoms in total. The lowest BCUT2D eigenvalue weighted by atomic mass is 10.3. The third-order valence-electron chi connectivity index (χ3n) is 1.16. The molecule has 0 aliphatic carbocycles. The van der Waals surface area contributed by atoms with Crippen molar-refractivity contribution in [1.29, 1.82) is 0 Å². The Bertz CT molecular complexity index is 73.8. The van der Waals surface area contributed by atoms with Crippen LogP contribution in [0, 0.1) is 6.92 Å². The normalized spacial score (nSPS) is 12.0. The second-order valence-corrected chi connectivity index (χ2v) is 2.73. The summed E-state index contributed by atoms with van der Waals surface area (Å²) < 4.78 is 4.98. The van der Waals surface area contributed by atoms with Crippen LogP contribution in [0.5, 0.6) is 0 Å². The Hall–Kier alpha value is -0.0800. The van der Waals surface area contributed by atoms with E-state index in [2.05, 4.69) is 13.8 Å². The standard InChI is InChI=1S/C8H17O2/c1-4-5-6-7-10-8(2,3)9/h9H,2,4-7H2,1,3H3. The van der Waals surface area contributed by atoms with Gasteiger partial charge >= 0.3 is 0 Å². The van der Waals surface area contributed by atoms with Crippen molar-refractivity contribution in [3.05, 3.63) is 6.92 Å². The lowest BCUT2D eigenvalue weighted by Crippen LogP contribution is -2.24. The van der Waals surface area contributed by atoms with Crippen molar-refractivity contribution in [2.75, 3.05) is 6.61 Å². The molecule has 0 aromatic carbocycles. The minimum Gasteiger partial charge on any atom is -0.366 e. The molecule has 0 bridgehead atoms. The SMILES string of the molecule is [CH2]C(C)(O)OCCCCC. The summed E-state index contributed by atoms with van der Waals surface area (Å²) in [5.74, 6) is -1.20. The molecule has 0 saturated carbocycles. The second kappa shape index (κ2) is 4.69. The molecule has 61 valence electrons. The van der Waals surface area contributed by atoms with Gasteiger partial charge in [-0.15, -0.1) is 0 Å². The molecule has 0 aromatic rings. The van der Waals surface area contributed by atoms with Gasteiger partial charge in [0.2, 0.25) is 0 Å². The van der Waals surface area contributed by atoms with E-state index in [-0.39, 0.29) is 0 Å². The number of unbranched alkanes of at least 4 members (excludes halogenated alkanes) is 2. The Morgan fingerprint density at radius 2 is 2.10 bits per heavy atom. The Morgan fingerprint density at radius 1 is 1.50 bits per heavy atom. The first-order chi connectivity index (χ1) is 4.56. The number of hydrogen-bond acceptors (Lipinski definition) is 2. The number of hydrogen-bond donors (Lipinski definition) is 1. The molecule has 0 fully saturated rings. The fourth-order valence-electron chi connectivity index (χ4n) is 0.644. The topological polar surface area (TPSA) is 29.5 Å². The summed E-state index contributed by atoms with van der Waals surface area (Å²) in [5, 5.41) is 8.98. The summed E-state index contributed by atoms with van der Waals surface area (Å²) in [4.78, 5) is 0. The van der Waals surface area contributed by atoms with Gasteiger partial charge < -0.3 is 9.84 Å². The van der Waals surface area contributed by atoms with Crippen LogP contribution in [0.2, 0.25) is 0 Å². The zero-order valence-corrected chi connectivity index (χ0v) is 6.89. The molecule has 1 unspecified atom stereocenters. The van der Waals surface area contributed by atoms with E-state index in [0.717, 1.165) is 12.8 Å². The summed E-state index contributed by atoms with van der Waals surface area (Å²) in [5.41, 5.74) is 0. The van der Waals surface area contributed by atoms with Crippen LogP contribution in [0.1, 0.15) is 33.1 Å². The maximum atomic E-state index is 8.98. The average molecular weight is 145 g/mol. The number of aliphatic hydroxyl groups is 1. The fraction of sp³-hybridized carbons (Fsp3) is 0.875. The maximum absolute atomic E-state index is 8.98. The summed E-state index contributed by atoms with van der Waals surface area (Å²) in [6, 6.07) is 0. The molecule has 0 aliphatic heterocycles. The van der Waals surface area contributed by atoms with Crippen LogP contribution in [0.25, 0.3) is 0 Å². The van der Waals surface area contributed by atoms with Crippen LogP contribution in [0.3, 0.4) is 0 Å². The van der Waals surface area contributed by atoms with Crippen LogP contribution in [0.4, 0.5) is 0 Å². The Labute approximate surface area is 63.2 Å². The van der Waals surface area contributed by atoms with Crippen molar-refractivity contribution in [3.8, 4) is 0 Å². The van der Waals surface area contributed by atoms with Crippen LogP contribution >= 0.6 is 0 Å². The van der Waals surface area contributed by atoms with Gasteiger partial charge in [-0.3, -0.25) is 0 Å². The quantitative estimate of drug-likeness (QED) is 0.471. The third-order valence-corrected chi connectivity index (χ3v) is 1.16. The van der Waals surface area contributed by atoms with Crippen LogP contribution in [-0.2, 0) is 4.74 Å². The predicted octanol–water partition coefficient (Wildman–Crippen LogP) is 1.74. The highest BCUT2D eigenvalue weighted by Crippen LogP contribution is 2.04. The van der Waals surface area contributed by atoms with Gasteiger partial charge in [0.1, 0.15) is 0 Å². The highest BCUT2D eigenvalue weighted by atomic mass is 16.6. The van der Waals surface area contributed by atoms with E-state index in [1.165, 1.54) is 6.42 Å². The highest BCUT2D eigenvalue weighted by molar-refractivity contribution is 4.60. The van der Waals surface area contributed by atoms with Gasteiger partial charge in [0, 0.05) is 13.5 Å². The molecule has 0 aromatic heterocycles. The zero-order valence-electron chi connectivity index (χ0n) is 6.89. The van der Waals surface area contributed by atoms with E-state index < -0.39 is 5.79 Å². The van der Waals surface area contributed by atoms with Gasteiger partial charge in [-0.1, -0.05) is 19.8 Å². The zero-order chi connectivity index (χ0) is 8.04. The molecule has 0 saturated heterocycles. The molecular weight excluding hydrogens is 128 g/mol. The number of rotatable bonds is 5. The molecule has 0 aliphatic rings. The van der Waals surface area contributed by atoms with Gasteiger partial charge in [-0.25, -0.2) is 0 Å². The van der Waals surface area contributed by atoms with Gasteiger partial charge in [0.25, 0.3) is 0 Å². The molecule has 0 rings (SSSR count). The Morgan fingerprint density at radius 3 is 2.50 bits per heavy atom. The second-order valence-electron chi connectivity index (χ2n) is 2.73. The predicted molar refractivity (Wildman–Crippen MR) is 41.5 cm³/mol. The molecule has 2 heteroatoms. The minimum atomic E-state index is -1.20. The molecular formula is C8H17O2. The largest absolute Gasteiger partial charge is 0.366 e. The summed E-state index contributed by atoms with van der Waals surface area (Å²) in [6.07, 6.45) is 3.32. The van der Waals surface area contributed by atoms with E-state index in [0.29, 0.717) is 6.61 Å². The van der Waals surface area contributed by atoms with E-state index in [1.54, 1.807) is 6.92 Å². The molecule has 10 heavy (non-hydrogen) atoms. The van der Waals surface area contributed by atoms with Gasteiger partial charge in [0.15, 0.2) is 5.79 Å². The molecule has 0 amide bonds. The first kappa shape index (κ1) is 9.92. The lowest BCUT2D eigenvalue weighted by molar-refractivity contribution is -0.155. The summed E-state index contributed by atoms with van der Waals surface area (Å²) in [7, 11) is 0. The van der Waals surface area contributed by atoms with Crippen LogP contribution in [0.15, 0.2) is 0 Å². The van der Waals surface area contributed by atoms with Crippen molar-refractivity contribution in [2.45, 2.75) is 38.9 Å². The summed E-state index contributed by atoms with van der Waals surface area (Å²) >= 11 is 0. The van der Waals surface area contributed by atoms with Crippen LogP contribution in [-0.4, -0.2) is 17.5 Å². The minimum absolute atomic E-state index is 0.602. The smallest absolute Gasteiger partial charge is 0.162 e. The third kappa shape index (κ3) is 7.92. The monoisotopic (exact) mass is 145 g/mol. The van der Waals surface area contributed by atoms with Crippen LogP contribution < -0.4 is 0 Å². The van der Waals surface area contributed by atoms with Crippen molar-refractivity contribution in [1.82, 2.24) is 0 Å². The van der Waals surface area contributed by atoms with E-state index in [1.807, 2.05) is 0 Å². The number of ether oxygens (including phenoxy) is 1. The first-order valence-electron chi connectivity index (χ1n) is 3.78. The first-order valence-corrected chi connectivity index (χ1v) is 3.78.